The van der Waals surface area contributed by atoms with E-state index in [1.54, 1.807) is 0 Å². The van der Waals surface area contributed by atoms with Gasteiger partial charge in [0.1, 0.15) is 0 Å². The van der Waals surface area contributed by atoms with Gasteiger partial charge in [-0.2, -0.15) is 0 Å². The second-order valence-corrected chi connectivity index (χ2v) is 5.91. The van der Waals surface area contributed by atoms with Gasteiger partial charge < -0.3 is 10.1 Å². The average Bonchev–Trinajstić information content (AvgIpc) is 2.68. The molecule has 1 heterocycles. The van der Waals surface area contributed by atoms with Crippen molar-refractivity contribution in [2.24, 2.45) is 5.92 Å². The first-order chi connectivity index (χ1) is 8.24. The number of nitrogens with one attached hydrogen (secondary N) is 1. The molecule has 0 amide bonds. The van der Waals surface area contributed by atoms with Crippen molar-refractivity contribution in [3.8, 4) is 0 Å². The van der Waals surface area contributed by atoms with E-state index < -0.39 is 0 Å². The van der Waals surface area contributed by atoms with Crippen LogP contribution in [0.5, 0.6) is 0 Å². The lowest BCUT2D eigenvalue weighted by Crippen LogP contribution is -2.34. The predicted molar refractivity (Wildman–Crippen MR) is 73.6 cm³/mol. The van der Waals surface area contributed by atoms with Crippen LogP contribution >= 0.6 is 11.3 Å². The Morgan fingerprint density at radius 3 is 2.82 bits per heavy atom. The van der Waals surface area contributed by atoms with Crippen LogP contribution in [-0.4, -0.2) is 19.8 Å². The highest BCUT2D eigenvalue weighted by Gasteiger charge is 2.31. The Kier molecular flexibility index (Phi) is 4.60. The van der Waals surface area contributed by atoms with E-state index in [1.165, 1.54) is 29.7 Å². The lowest BCUT2D eigenvalue weighted by Gasteiger charge is -2.37. The normalized spacial score (nSPS) is 25.6. The molecule has 0 radical (unpaired) electrons. The second-order valence-electron chi connectivity index (χ2n) is 4.96. The maximum atomic E-state index is 5.62. The summed E-state index contributed by atoms with van der Waals surface area (Å²) >= 11 is 1.88. The van der Waals surface area contributed by atoms with Crippen LogP contribution < -0.4 is 5.32 Å². The molecule has 17 heavy (non-hydrogen) atoms. The SMILES string of the molecule is CCOC1CC(CC(NC)c2sccc2C)C1. The third-order valence-electron chi connectivity index (χ3n) is 3.73. The molecular weight excluding hydrogens is 230 g/mol. The van der Waals surface area contributed by atoms with Crippen molar-refractivity contribution in [3.63, 3.8) is 0 Å². The first-order valence-electron chi connectivity index (χ1n) is 6.57. The largest absolute Gasteiger partial charge is 0.378 e. The minimum Gasteiger partial charge on any atom is -0.378 e. The molecule has 3 heteroatoms. The van der Waals surface area contributed by atoms with Gasteiger partial charge in [0.05, 0.1) is 6.10 Å². The Bertz CT molecular complexity index is 344. The summed E-state index contributed by atoms with van der Waals surface area (Å²) < 4.78 is 5.62. The Morgan fingerprint density at radius 2 is 2.29 bits per heavy atom. The first kappa shape index (κ1) is 13.1. The highest BCUT2D eigenvalue weighted by Crippen LogP contribution is 2.38. The van der Waals surface area contributed by atoms with Crippen molar-refractivity contribution in [1.29, 1.82) is 0 Å². The predicted octanol–water partition coefficient (Wildman–Crippen LogP) is 3.52. The van der Waals surface area contributed by atoms with Crippen molar-refractivity contribution in [1.82, 2.24) is 5.32 Å². The maximum absolute atomic E-state index is 5.62. The summed E-state index contributed by atoms with van der Waals surface area (Å²) in [4.78, 5) is 1.51. The molecule has 2 nitrogen and oxygen atoms in total. The van der Waals surface area contributed by atoms with Crippen molar-refractivity contribution in [2.45, 2.75) is 45.3 Å². The maximum Gasteiger partial charge on any atom is 0.0580 e. The summed E-state index contributed by atoms with van der Waals surface area (Å²) in [5.41, 5.74) is 1.43. The van der Waals surface area contributed by atoms with Crippen LogP contribution in [0.1, 0.15) is 42.7 Å². The van der Waals surface area contributed by atoms with Crippen molar-refractivity contribution >= 4 is 11.3 Å². The van der Waals surface area contributed by atoms with E-state index in [1.807, 2.05) is 11.3 Å². The summed E-state index contributed by atoms with van der Waals surface area (Å²) in [6, 6.07) is 2.75. The van der Waals surface area contributed by atoms with Crippen molar-refractivity contribution < 1.29 is 4.74 Å². The van der Waals surface area contributed by atoms with E-state index in [4.69, 9.17) is 4.74 Å². The van der Waals surface area contributed by atoms with Gasteiger partial charge in [-0.3, -0.25) is 0 Å². The molecule has 1 fully saturated rings. The molecule has 1 aromatic heterocycles. The molecule has 1 aromatic rings. The standard InChI is InChI=1S/C14H23NOS/c1-4-16-12-7-11(8-12)9-13(15-3)14-10(2)5-6-17-14/h5-6,11-13,15H,4,7-9H2,1-3H3. The molecule has 1 atom stereocenters. The topological polar surface area (TPSA) is 21.3 Å². The molecule has 1 aliphatic rings. The van der Waals surface area contributed by atoms with Gasteiger partial charge in [0.25, 0.3) is 0 Å². The Hall–Kier alpha value is -0.380. The first-order valence-corrected chi connectivity index (χ1v) is 7.45. The fourth-order valence-corrected chi connectivity index (χ4v) is 3.72. The van der Waals surface area contributed by atoms with Crippen molar-refractivity contribution in [2.75, 3.05) is 13.7 Å². The summed E-state index contributed by atoms with van der Waals surface area (Å²) in [7, 11) is 2.07. The van der Waals surface area contributed by atoms with Crippen LogP contribution in [0, 0.1) is 12.8 Å². The van der Waals surface area contributed by atoms with Gasteiger partial charge in [0.2, 0.25) is 0 Å². The molecule has 1 unspecified atom stereocenters. The summed E-state index contributed by atoms with van der Waals surface area (Å²) in [5, 5.41) is 5.65. The molecule has 0 saturated heterocycles. The van der Waals surface area contributed by atoms with E-state index in [0.29, 0.717) is 12.1 Å². The molecule has 1 saturated carbocycles. The second kappa shape index (κ2) is 5.98. The molecule has 2 rings (SSSR count). The van der Waals surface area contributed by atoms with Gasteiger partial charge in [-0.15, -0.1) is 11.3 Å². The van der Waals surface area contributed by atoms with E-state index in [2.05, 4.69) is 37.7 Å². The van der Waals surface area contributed by atoms with E-state index in [9.17, 15) is 0 Å². The zero-order valence-electron chi connectivity index (χ0n) is 11.0. The van der Waals surface area contributed by atoms with Crippen molar-refractivity contribution in [3.05, 3.63) is 21.9 Å². The molecule has 0 aromatic carbocycles. The Labute approximate surface area is 108 Å². The molecule has 1 N–H and O–H groups in total. The Morgan fingerprint density at radius 1 is 1.53 bits per heavy atom. The monoisotopic (exact) mass is 253 g/mol. The van der Waals surface area contributed by atoms with Gasteiger partial charge in [0.15, 0.2) is 0 Å². The fourth-order valence-electron chi connectivity index (χ4n) is 2.67. The summed E-state index contributed by atoms with van der Waals surface area (Å²) in [5.74, 6) is 0.838. The number of hydrogen-bond donors (Lipinski definition) is 1. The Balaban J connectivity index is 1.84. The summed E-state index contributed by atoms with van der Waals surface area (Å²) in [6.45, 7) is 5.15. The van der Waals surface area contributed by atoms with Gasteiger partial charge in [-0.1, -0.05) is 0 Å². The smallest absolute Gasteiger partial charge is 0.0580 e. The minimum absolute atomic E-state index is 0.530. The third-order valence-corrected chi connectivity index (χ3v) is 4.86. The molecule has 0 aliphatic heterocycles. The lowest BCUT2D eigenvalue weighted by atomic mass is 9.78. The number of aryl methyl sites for hydroxylation is 1. The molecular formula is C14H23NOS. The van der Waals surface area contributed by atoms with Crippen LogP contribution in [0.15, 0.2) is 11.4 Å². The van der Waals surface area contributed by atoms with Gasteiger partial charge in [0, 0.05) is 17.5 Å². The molecule has 1 aliphatic carbocycles. The van der Waals surface area contributed by atoms with Gasteiger partial charge >= 0.3 is 0 Å². The van der Waals surface area contributed by atoms with Crippen LogP contribution in [0.4, 0.5) is 0 Å². The van der Waals surface area contributed by atoms with Gasteiger partial charge in [-0.05, 0) is 63.1 Å². The highest BCUT2D eigenvalue weighted by molar-refractivity contribution is 7.10. The quantitative estimate of drug-likeness (QED) is 0.837. The third kappa shape index (κ3) is 3.09. The summed E-state index contributed by atoms with van der Waals surface area (Å²) in [6.07, 6.45) is 4.28. The average molecular weight is 253 g/mol. The lowest BCUT2D eigenvalue weighted by molar-refractivity contribution is -0.0288. The van der Waals surface area contributed by atoms with E-state index in [-0.39, 0.29) is 0 Å². The van der Waals surface area contributed by atoms with Crippen LogP contribution in [0.2, 0.25) is 0 Å². The van der Waals surface area contributed by atoms with E-state index in [0.717, 1.165) is 12.5 Å². The van der Waals surface area contributed by atoms with Gasteiger partial charge in [-0.25, -0.2) is 0 Å². The number of rotatable bonds is 6. The number of ether oxygens (including phenoxy) is 1. The number of thiophene rings is 1. The fraction of sp³-hybridized carbons (Fsp3) is 0.714. The van der Waals surface area contributed by atoms with Crippen LogP contribution in [0.25, 0.3) is 0 Å². The minimum atomic E-state index is 0.530. The number of hydrogen-bond acceptors (Lipinski definition) is 3. The zero-order chi connectivity index (χ0) is 12.3. The molecule has 96 valence electrons. The van der Waals surface area contributed by atoms with Crippen LogP contribution in [-0.2, 0) is 4.74 Å². The van der Waals surface area contributed by atoms with E-state index >= 15 is 0 Å². The highest BCUT2D eigenvalue weighted by atomic mass is 32.1. The van der Waals surface area contributed by atoms with Crippen LogP contribution in [0.3, 0.4) is 0 Å². The molecule has 0 bridgehead atoms. The molecule has 0 spiro atoms. The zero-order valence-corrected chi connectivity index (χ0v) is 11.8.